The molecule has 0 spiro atoms. The van der Waals surface area contributed by atoms with Crippen molar-refractivity contribution in [3.8, 4) is 5.75 Å². The summed E-state index contributed by atoms with van der Waals surface area (Å²) in [6.45, 7) is 6.19. The molecule has 1 heterocycles. The number of aromatic nitrogens is 1. The third-order valence-corrected chi connectivity index (χ3v) is 3.65. The van der Waals surface area contributed by atoms with Crippen LogP contribution in [-0.4, -0.2) is 12.1 Å². The minimum absolute atomic E-state index is 0.211. The number of hydrogen-bond acceptors (Lipinski definition) is 4. The molecular formula is C14H18N2OS. The molecule has 3 nitrogen and oxygen atoms in total. The predicted octanol–water partition coefficient (Wildman–Crippen LogP) is 3.94. The van der Waals surface area contributed by atoms with E-state index in [0.717, 1.165) is 27.7 Å². The summed E-state index contributed by atoms with van der Waals surface area (Å²) in [6.07, 6.45) is 0. The SMILES string of the molecule is COc1ccc(NC(C)c2csc(C)n2)cc1C. The standard InChI is InChI=1S/C14H18N2OS/c1-9-7-12(5-6-14(9)17-4)15-10(2)13-8-18-11(3)16-13/h5-8,10,15H,1-4H3. The van der Waals surface area contributed by atoms with Gasteiger partial charge >= 0.3 is 0 Å². The average Bonchev–Trinajstić information content (AvgIpc) is 2.76. The van der Waals surface area contributed by atoms with E-state index >= 15 is 0 Å². The molecule has 0 aliphatic carbocycles. The molecule has 0 saturated carbocycles. The first-order chi connectivity index (χ1) is 8.60. The molecule has 0 bridgehead atoms. The second-order valence-electron chi connectivity index (χ2n) is 4.34. The van der Waals surface area contributed by atoms with Gasteiger partial charge in [-0.2, -0.15) is 0 Å². The summed E-state index contributed by atoms with van der Waals surface area (Å²) in [5, 5.41) is 6.65. The van der Waals surface area contributed by atoms with Gasteiger partial charge in [0.25, 0.3) is 0 Å². The number of rotatable bonds is 4. The van der Waals surface area contributed by atoms with Crippen molar-refractivity contribution in [2.24, 2.45) is 0 Å². The normalized spacial score (nSPS) is 12.2. The van der Waals surface area contributed by atoms with Gasteiger partial charge in [-0.05, 0) is 44.5 Å². The summed E-state index contributed by atoms with van der Waals surface area (Å²) < 4.78 is 5.25. The number of benzene rings is 1. The molecule has 0 saturated heterocycles. The van der Waals surface area contributed by atoms with Crippen LogP contribution in [0.1, 0.15) is 29.2 Å². The van der Waals surface area contributed by atoms with Gasteiger partial charge in [-0.3, -0.25) is 0 Å². The average molecular weight is 262 g/mol. The minimum Gasteiger partial charge on any atom is -0.496 e. The number of aryl methyl sites for hydroxylation is 2. The van der Waals surface area contributed by atoms with Gasteiger partial charge in [0.15, 0.2) is 0 Å². The topological polar surface area (TPSA) is 34.1 Å². The van der Waals surface area contributed by atoms with Crippen molar-refractivity contribution in [3.63, 3.8) is 0 Å². The molecule has 0 amide bonds. The lowest BCUT2D eigenvalue weighted by molar-refractivity contribution is 0.412. The maximum Gasteiger partial charge on any atom is 0.121 e. The Bertz CT molecular complexity index is 536. The monoisotopic (exact) mass is 262 g/mol. The van der Waals surface area contributed by atoms with Crippen LogP contribution < -0.4 is 10.1 Å². The van der Waals surface area contributed by atoms with E-state index < -0.39 is 0 Å². The lowest BCUT2D eigenvalue weighted by atomic mass is 10.1. The largest absolute Gasteiger partial charge is 0.496 e. The van der Waals surface area contributed by atoms with Crippen molar-refractivity contribution in [2.45, 2.75) is 26.8 Å². The number of nitrogens with one attached hydrogen (secondary N) is 1. The molecule has 0 aliphatic heterocycles. The van der Waals surface area contributed by atoms with Crippen LogP contribution in [0.4, 0.5) is 5.69 Å². The minimum atomic E-state index is 0.211. The van der Waals surface area contributed by atoms with E-state index in [4.69, 9.17) is 4.74 Å². The van der Waals surface area contributed by atoms with Gasteiger partial charge in [0, 0.05) is 11.1 Å². The van der Waals surface area contributed by atoms with Crippen molar-refractivity contribution < 1.29 is 4.74 Å². The highest BCUT2D eigenvalue weighted by molar-refractivity contribution is 7.09. The van der Waals surface area contributed by atoms with Gasteiger partial charge in [-0.1, -0.05) is 0 Å². The fourth-order valence-electron chi connectivity index (χ4n) is 1.87. The van der Waals surface area contributed by atoms with Gasteiger partial charge in [0.2, 0.25) is 0 Å². The fourth-order valence-corrected chi connectivity index (χ4v) is 2.58. The first kappa shape index (κ1) is 12.9. The molecule has 1 aromatic carbocycles. The second kappa shape index (κ2) is 5.40. The molecule has 1 aromatic heterocycles. The van der Waals surface area contributed by atoms with E-state index in [1.54, 1.807) is 18.4 Å². The molecule has 96 valence electrons. The van der Waals surface area contributed by atoms with E-state index in [9.17, 15) is 0 Å². The quantitative estimate of drug-likeness (QED) is 0.906. The molecule has 18 heavy (non-hydrogen) atoms. The Kier molecular flexibility index (Phi) is 3.87. The Hall–Kier alpha value is -1.55. The first-order valence-electron chi connectivity index (χ1n) is 5.93. The molecule has 1 N–H and O–H groups in total. The van der Waals surface area contributed by atoms with Gasteiger partial charge in [0.05, 0.1) is 23.9 Å². The van der Waals surface area contributed by atoms with Crippen molar-refractivity contribution in [2.75, 3.05) is 12.4 Å². The second-order valence-corrected chi connectivity index (χ2v) is 5.40. The van der Waals surface area contributed by atoms with E-state index in [1.165, 1.54) is 0 Å². The zero-order valence-corrected chi connectivity index (χ0v) is 12.0. The maximum atomic E-state index is 5.25. The molecule has 4 heteroatoms. The Morgan fingerprint density at radius 3 is 2.67 bits per heavy atom. The third kappa shape index (κ3) is 2.82. The van der Waals surface area contributed by atoms with Crippen molar-refractivity contribution in [3.05, 3.63) is 39.8 Å². The molecule has 0 radical (unpaired) electrons. The Balaban J connectivity index is 2.12. The summed E-state index contributed by atoms with van der Waals surface area (Å²) in [7, 11) is 1.69. The van der Waals surface area contributed by atoms with Gasteiger partial charge < -0.3 is 10.1 Å². The molecule has 0 aliphatic rings. The van der Waals surface area contributed by atoms with Crippen LogP contribution in [0.5, 0.6) is 5.75 Å². The van der Waals surface area contributed by atoms with E-state index in [2.05, 4.69) is 28.7 Å². The van der Waals surface area contributed by atoms with Crippen molar-refractivity contribution in [1.29, 1.82) is 0 Å². The molecule has 2 aromatic rings. The zero-order chi connectivity index (χ0) is 13.1. The number of anilines is 1. The lowest BCUT2D eigenvalue weighted by Gasteiger charge is -2.14. The van der Waals surface area contributed by atoms with Crippen molar-refractivity contribution >= 4 is 17.0 Å². The summed E-state index contributed by atoms with van der Waals surface area (Å²) in [5.74, 6) is 0.915. The summed E-state index contributed by atoms with van der Waals surface area (Å²) in [4.78, 5) is 4.49. The maximum absolute atomic E-state index is 5.25. The van der Waals surface area contributed by atoms with Gasteiger partial charge in [0.1, 0.15) is 5.75 Å². The van der Waals surface area contributed by atoms with Crippen LogP contribution in [0.2, 0.25) is 0 Å². The number of thiazole rings is 1. The van der Waals surface area contributed by atoms with Gasteiger partial charge in [-0.15, -0.1) is 11.3 Å². The smallest absolute Gasteiger partial charge is 0.121 e. The highest BCUT2D eigenvalue weighted by Gasteiger charge is 2.09. The molecule has 1 unspecified atom stereocenters. The Labute approximate surface area is 112 Å². The Morgan fingerprint density at radius 2 is 2.11 bits per heavy atom. The van der Waals surface area contributed by atoms with Crippen LogP contribution in [-0.2, 0) is 0 Å². The first-order valence-corrected chi connectivity index (χ1v) is 6.81. The van der Waals surface area contributed by atoms with Crippen LogP contribution in [0.25, 0.3) is 0 Å². The summed E-state index contributed by atoms with van der Waals surface area (Å²) in [5.41, 5.74) is 3.31. The van der Waals surface area contributed by atoms with Gasteiger partial charge in [-0.25, -0.2) is 4.98 Å². The number of hydrogen-bond donors (Lipinski definition) is 1. The number of ether oxygens (including phenoxy) is 1. The lowest BCUT2D eigenvalue weighted by Crippen LogP contribution is -2.07. The van der Waals surface area contributed by atoms with E-state index in [0.29, 0.717) is 0 Å². The van der Waals surface area contributed by atoms with E-state index in [-0.39, 0.29) is 6.04 Å². The van der Waals surface area contributed by atoms with Crippen molar-refractivity contribution in [1.82, 2.24) is 4.98 Å². The zero-order valence-electron chi connectivity index (χ0n) is 11.2. The highest BCUT2D eigenvalue weighted by Crippen LogP contribution is 2.25. The fraction of sp³-hybridized carbons (Fsp3) is 0.357. The molecule has 0 fully saturated rings. The molecule has 2 rings (SSSR count). The van der Waals surface area contributed by atoms with Crippen LogP contribution in [0.3, 0.4) is 0 Å². The summed E-state index contributed by atoms with van der Waals surface area (Å²) >= 11 is 1.68. The highest BCUT2D eigenvalue weighted by atomic mass is 32.1. The summed E-state index contributed by atoms with van der Waals surface area (Å²) in [6, 6.07) is 6.31. The molecule has 1 atom stereocenters. The van der Waals surface area contributed by atoms with Crippen LogP contribution in [0, 0.1) is 13.8 Å². The number of nitrogens with zero attached hydrogens (tertiary/aromatic N) is 1. The molecular weight excluding hydrogens is 244 g/mol. The van der Waals surface area contributed by atoms with E-state index in [1.807, 2.05) is 26.0 Å². The third-order valence-electron chi connectivity index (χ3n) is 2.86. The Morgan fingerprint density at radius 1 is 1.33 bits per heavy atom. The van der Waals surface area contributed by atoms with Crippen LogP contribution in [0.15, 0.2) is 23.6 Å². The van der Waals surface area contributed by atoms with Crippen LogP contribution >= 0.6 is 11.3 Å². The predicted molar refractivity (Wildman–Crippen MR) is 76.6 cm³/mol. The number of methoxy groups -OCH3 is 1.